The number of aromatic nitrogens is 1. The number of nitrogens with zero attached hydrogens (tertiary/aromatic N) is 3. The van der Waals surface area contributed by atoms with E-state index in [-0.39, 0.29) is 16.5 Å². The first kappa shape index (κ1) is 30.5. The van der Waals surface area contributed by atoms with Gasteiger partial charge in [0.25, 0.3) is 15.9 Å². The molecule has 0 unspecified atom stereocenters. The van der Waals surface area contributed by atoms with Gasteiger partial charge in [0.15, 0.2) is 0 Å². The van der Waals surface area contributed by atoms with Gasteiger partial charge in [0.2, 0.25) is 5.91 Å². The van der Waals surface area contributed by atoms with Gasteiger partial charge in [-0.05, 0) is 86.6 Å². The van der Waals surface area contributed by atoms with Gasteiger partial charge in [0, 0.05) is 39.7 Å². The number of amides is 2. The van der Waals surface area contributed by atoms with E-state index in [1.807, 2.05) is 44.2 Å². The van der Waals surface area contributed by atoms with Crippen LogP contribution in [0.4, 0.5) is 11.4 Å². The molecule has 10 nitrogen and oxygen atoms in total. The maximum atomic E-state index is 13.7. The number of methoxy groups -OCH3 is 1. The first-order chi connectivity index (χ1) is 20.0. The van der Waals surface area contributed by atoms with E-state index in [1.165, 1.54) is 44.5 Å². The summed E-state index contributed by atoms with van der Waals surface area (Å²) < 4.78 is 36.6. The largest absolute Gasteiger partial charge is 0.497 e. The molecule has 4 aromatic rings. The number of benzene rings is 3. The number of hydrogen-bond donors (Lipinski definition) is 2. The van der Waals surface area contributed by atoms with Gasteiger partial charge < -0.3 is 14.6 Å². The van der Waals surface area contributed by atoms with E-state index in [1.54, 1.807) is 24.3 Å². The molecule has 42 heavy (non-hydrogen) atoms. The fourth-order valence-electron chi connectivity index (χ4n) is 4.37. The van der Waals surface area contributed by atoms with Crippen molar-refractivity contribution in [1.29, 1.82) is 0 Å². The third kappa shape index (κ3) is 7.07. The fourth-order valence-corrected chi connectivity index (χ4v) is 6.18. The molecule has 0 fully saturated rings. The second-order valence-corrected chi connectivity index (χ2v) is 12.1. The Morgan fingerprint density at radius 1 is 1.02 bits per heavy atom. The lowest BCUT2D eigenvalue weighted by Crippen LogP contribution is -2.39. The van der Waals surface area contributed by atoms with Gasteiger partial charge in [0.05, 0.1) is 23.9 Å². The number of ether oxygens (including phenoxy) is 1. The molecule has 0 radical (unpaired) electrons. The van der Waals surface area contributed by atoms with E-state index in [0.717, 1.165) is 31.4 Å². The Bertz CT molecular complexity index is 1730. The summed E-state index contributed by atoms with van der Waals surface area (Å²) in [6, 6.07) is 21.9. The zero-order valence-corrected chi connectivity index (χ0v) is 25.9. The van der Waals surface area contributed by atoms with Crippen LogP contribution in [-0.4, -0.2) is 44.7 Å². The van der Waals surface area contributed by atoms with Gasteiger partial charge in [-0.2, -0.15) is 5.10 Å². The average molecular weight is 653 g/mol. The molecule has 0 bridgehead atoms. The number of rotatable bonds is 10. The van der Waals surface area contributed by atoms with Crippen molar-refractivity contribution in [2.24, 2.45) is 5.10 Å². The van der Waals surface area contributed by atoms with Gasteiger partial charge >= 0.3 is 0 Å². The maximum Gasteiger partial charge on any atom is 0.264 e. The molecule has 0 saturated heterocycles. The molecule has 0 saturated carbocycles. The lowest BCUT2D eigenvalue weighted by molar-refractivity contribution is -0.119. The normalized spacial score (nSPS) is 11.4. The van der Waals surface area contributed by atoms with Gasteiger partial charge in [-0.15, -0.1) is 0 Å². The molecular weight excluding hydrogens is 622 g/mol. The fraction of sp³-hybridized carbons (Fsp3) is 0.167. The van der Waals surface area contributed by atoms with Gasteiger partial charge in [-0.3, -0.25) is 13.9 Å². The quantitative estimate of drug-likeness (QED) is 0.181. The van der Waals surface area contributed by atoms with Crippen LogP contribution in [-0.2, 0) is 19.6 Å². The molecule has 2 amide bonds. The topological polar surface area (TPSA) is 122 Å². The van der Waals surface area contributed by atoms with Crippen LogP contribution in [0.2, 0.25) is 0 Å². The maximum absolute atomic E-state index is 13.7. The molecule has 12 heteroatoms. The summed E-state index contributed by atoms with van der Waals surface area (Å²) in [6.07, 6.45) is 1.53. The first-order valence-corrected chi connectivity index (χ1v) is 15.0. The third-order valence-corrected chi connectivity index (χ3v) is 8.62. The van der Waals surface area contributed by atoms with E-state index >= 15 is 0 Å². The number of sulfonamides is 1. The highest BCUT2D eigenvalue weighted by Gasteiger charge is 2.27. The SMILES string of the molecule is COc1ccc(N(CC(=O)N/N=C\c2cc(C)n(-c3cccc(Br)c3)c2C)S(=O)(=O)c2ccc(NC(C)=O)cc2)cc1. The molecule has 0 aliphatic heterocycles. The van der Waals surface area contributed by atoms with Crippen molar-refractivity contribution in [2.45, 2.75) is 25.7 Å². The van der Waals surface area contributed by atoms with Crippen LogP contribution in [0.1, 0.15) is 23.9 Å². The van der Waals surface area contributed by atoms with Crippen LogP contribution in [0, 0.1) is 13.8 Å². The van der Waals surface area contributed by atoms with Crippen molar-refractivity contribution < 1.29 is 22.7 Å². The molecule has 0 spiro atoms. The van der Waals surface area contributed by atoms with Gasteiger partial charge in [-0.1, -0.05) is 22.0 Å². The predicted octanol–water partition coefficient (Wildman–Crippen LogP) is 5.17. The Balaban J connectivity index is 1.56. The molecule has 0 atom stereocenters. The van der Waals surface area contributed by atoms with Crippen LogP contribution in [0.5, 0.6) is 5.75 Å². The van der Waals surface area contributed by atoms with Crippen LogP contribution in [0.25, 0.3) is 5.69 Å². The molecule has 1 heterocycles. The summed E-state index contributed by atoms with van der Waals surface area (Å²) in [5.74, 6) is -0.385. The summed E-state index contributed by atoms with van der Waals surface area (Å²) in [4.78, 5) is 24.3. The van der Waals surface area contributed by atoms with E-state index in [4.69, 9.17) is 4.74 Å². The number of hydrazone groups is 1. The highest BCUT2D eigenvalue weighted by Crippen LogP contribution is 2.27. The molecule has 218 valence electrons. The Morgan fingerprint density at radius 2 is 1.71 bits per heavy atom. The van der Waals surface area contributed by atoms with E-state index < -0.39 is 22.5 Å². The molecule has 4 rings (SSSR count). The minimum absolute atomic E-state index is 0.0521. The van der Waals surface area contributed by atoms with Crippen LogP contribution < -0.4 is 19.8 Å². The number of hydrogen-bond acceptors (Lipinski definition) is 6. The lowest BCUT2D eigenvalue weighted by atomic mass is 10.2. The molecule has 0 aliphatic carbocycles. The van der Waals surface area contributed by atoms with Crippen molar-refractivity contribution >= 4 is 55.4 Å². The summed E-state index contributed by atoms with van der Waals surface area (Å²) in [5, 5.41) is 6.71. The van der Waals surface area contributed by atoms with Crippen molar-refractivity contribution in [3.8, 4) is 11.4 Å². The zero-order valence-electron chi connectivity index (χ0n) is 23.5. The highest BCUT2D eigenvalue weighted by molar-refractivity contribution is 9.10. The summed E-state index contributed by atoms with van der Waals surface area (Å²) in [6.45, 7) is 4.75. The van der Waals surface area contributed by atoms with Crippen LogP contribution in [0.3, 0.4) is 0 Å². The van der Waals surface area contributed by atoms with E-state index in [2.05, 4.69) is 36.3 Å². The third-order valence-electron chi connectivity index (χ3n) is 6.34. The number of nitrogens with one attached hydrogen (secondary N) is 2. The number of carbonyl (C=O) groups is 2. The van der Waals surface area contributed by atoms with Crippen molar-refractivity contribution in [3.05, 3.63) is 100 Å². The number of carbonyl (C=O) groups excluding carboxylic acids is 2. The average Bonchev–Trinajstić information content (AvgIpc) is 3.24. The monoisotopic (exact) mass is 651 g/mol. The number of aryl methyl sites for hydroxylation is 1. The summed E-state index contributed by atoms with van der Waals surface area (Å²) in [5.41, 5.74) is 6.85. The van der Waals surface area contributed by atoms with Crippen LogP contribution in [0.15, 0.2) is 93.3 Å². The summed E-state index contributed by atoms with van der Waals surface area (Å²) in [7, 11) is -2.67. The Labute approximate surface area is 253 Å². The smallest absolute Gasteiger partial charge is 0.264 e. The Hall–Kier alpha value is -4.42. The standard InChI is InChI=1S/C30H30BrN5O5S/c1-20-16-23(21(2)36(20)27-7-5-6-24(31)17-27)18-32-34-30(38)19-35(26-10-12-28(41-4)13-11-26)42(39,40)29-14-8-25(9-15-29)33-22(3)37/h5-18H,19H2,1-4H3,(H,33,37)(H,34,38)/b32-18-. The second kappa shape index (κ2) is 13.0. The molecule has 2 N–H and O–H groups in total. The number of halogens is 1. The Morgan fingerprint density at radius 3 is 2.33 bits per heavy atom. The van der Waals surface area contributed by atoms with Crippen molar-refractivity contribution in [1.82, 2.24) is 9.99 Å². The van der Waals surface area contributed by atoms with E-state index in [0.29, 0.717) is 11.4 Å². The van der Waals surface area contributed by atoms with Gasteiger partial charge in [-0.25, -0.2) is 13.8 Å². The molecule has 0 aliphatic rings. The predicted molar refractivity (Wildman–Crippen MR) is 167 cm³/mol. The van der Waals surface area contributed by atoms with Gasteiger partial charge in [0.1, 0.15) is 12.3 Å². The zero-order chi connectivity index (χ0) is 30.4. The van der Waals surface area contributed by atoms with Crippen molar-refractivity contribution in [3.63, 3.8) is 0 Å². The minimum Gasteiger partial charge on any atom is -0.497 e. The number of anilines is 2. The highest BCUT2D eigenvalue weighted by atomic mass is 79.9. The molecule has 1 aromatic heterocycles. The van der Waals surface area contributed by atoms with Crippen molar-refractivity contribution in [2.75, 3.05) is 23.3 Å². The lowest BCUT2D eigenvalue weighted by Gasteiger charge is -2.24. The first-order valence-electron chi connectivity index (χ1n) is 12.8. The van der Waals surface area contributed by atoms with Crippen LogP contribution >= 0.6 is 15.9 Å². The molecule has 3 aromatic carbocycles. The van der Waals surface area contributed by atoms with E-state index in [9.17, 15) is 18.0 Å². The minimum atomic E-state index is -4.17. The molecular formula is C30H30BrN5O5S. The summed E-state index contributed by atoms with van der Waals surface area (Å²) >= 11 is 3.50. The Kier molecular flexibility index (Phi) is 9.48. The second-order valence-electron chi connectivity index (χ2n) is 9.35.